The summed E-state index contributed by atoms with van der Waals surface area (Å²) >= 11 is 0. The molecule has 0 radical (unpaired) electrons. The number of nitrogens with two attached hydrogens (primary N) is 1. The van der Waals surface area contributed by atoms with Gasteiger partial charge >= 0.3 is 5.97 Å². The third-order valence-corrected chi connectivity index (χ3v) is 2.60. The number of aliphatic carboxylic acids is 1. The largest absolute Gasteiger partial charge is 0.480 e. The summed E-state index contributed by atoms with van der Waals surface area (Å²) in [4.78, 5) is 26.3. The van der Waals surface area contributed by atoms with Crippen LogP contribution in [0.25, 0.3) is 0 Å². The van der Waals surface area contributed by atoms with E-state index in [0.29, 0.717) is 0 Å². The number of hydrogen-bond acceptors (Lipinski definition) is 4. The third kappa shape index (κ3) is 3.53. The van der Waals surface area contributed by atoms with Crippen molar-refractivity contribution in [3.05, 3.63) is 24.3 Å². The first kappa shape index (κ1) is 14.1. The topological polar surface area (TPSA) is 105 Å². The number of aliphatic imine (C=N–C) groups is 1. The summed E-state index contributed by atoms with van der Waals surface area (Å²) < 4.78 is 0. The molecule has 1 saturated heterocycles. The molecule has 6 heteroatoms. The van der Waals surface area contributed by atoms with Crippen molar-refractivity contribution in [3.8, 4) is 0 Å². The van der Waals surface area contributed by atoms with E-state index in [0.717, 1.165) is 0 Å². The Morgan fingerprint density at radius 1 is 1.61 bits per heavy atom. The quantitative estimate of drug-likeness (QED) is 0.467. The monoisotopic (exact) mass is 251 g/mol. The van der Waals surface area contributed by atoms with Crippen molar-refractivity contribution in [2.24, 2.45) is 10.7 Å². The van der Waals surface area contributed by atoms with Crippen molar-refractivity contribution in [3.63, 3.8) is 0 Å². The fourth-order valence-corrected chi connectivity index (χ4v) is 1.60. The molecule has 1 rings (SSSR count). The van der Waals surface area contributed by atoms with E-state index >= 15 is 0 Å². The number of carboxylic acids is 1. The molecule has 1 amide bonds. The number of hydrogen-bond donors (Lipinski definition) is 3. The van der Waals surface area contributed by atoms with Crippen LogP contribution in [0.3, 0.4) is 0 Å². The predicted octanol–water partition coefficient (Wildman–Crippen LogP) is -0.140. The molecule has 1 aliphatic rings. The molecule has 0 aromatic rings. The molecule has 0 spiro atoms. The third-order valence-electron chi connectivity index (χ3n) is 2.60. The Morgan fingerprint density at radius 3 is 2.89 bits per heavy atom. The van der Waals surface area contributed by atoms with Crippen LogP contribution >= 0.6 is 0 Å². The number of nitrogens with one attached hydrogen (secondary N) is 1. The van der Waals surface area contributed by atoms with E-state index in [1.165, 1.54) is 6.21 Å². The minimum Gasteiger partial charge on any atom is -0.480 e. The van der Waals surface area contributed by atoms with E-state index in [1.807, 2.05) is 19.1 Å². The molecule has 2 atom stereocenters. The second kappa shape index (κ2) is 6.11. The predicted molar refractivity (Wildman–Crippen MR) is 68.4 cm³/mol. The zero-order chi connectivity index (χ0) is 13.6. The number of carbonyl (C=O) groups excluding carboxylic acids is 1. The minimum atomic E-state index is -1.23. The van der Waals surface area contributed by atoms with E-state index < -0.39 is 23.5 Å². The highest BCUT2D eigenvalue weighted by Crippen LogP contribution is 2.18. The van der Waals surface area contributed by atoms with Gasteiger partial charge in [0.05, 0.1) is 6.54 Å². The highest BCUT2D eigenvalue weighted by atomic mass is 16.4. The number of carboxylic acid groups (broad SMARTS) is 1. The van der Waals surface area contributed by atoms with Gasteiger partial charge < -0.3 is 16.2 Å². The van der Waals surface area contributed by atoms with Crippen LogP contribution in [0.5, 0.6) is 0 Å². The number of carbonyl (C=O) groups is 2. The lowest BCUT2D eigenvalue weighted by Gasteiger charge is -2.16. The van der Waals surface area contributed by atoms with E-state index in [2.05, 4.69) is 10.3 Å². The summed E-state index contributed by atoms with van der Waals surface area (Å²) in [6.07, 6.45) is 8.81. The average molecular weight is 251 g/mol. The SMILES string of the molecule is C/C=C\C=C/C=NCC1(N)CC(C(=O)O)NC1=O. The summed E-state index contributed by atoms with van der Waals surface area (Å²) in [5.74, 6) is -1.54. The zero-order valence-corrected chi connectivity index (χ0v) is 10.2. The minimum absolute atomic E-state index is 0.0527. The van der Waals surface area contributed by atoms with E-state index in [4.69, 9.17) is 10.8 Å². The van der Waals surface area contributed by atoms with E-state index in [1.54, 1.807) is 12.2 Å². The molecule has 1 heterocycles. The lowest BCUT2D eigenvalue weighted by atomic mass is 9.97. The number of rotatable bonds is 5. The van der Waals surface area contributed by atoms with E-state index in [-0.39, 0.29) is 13.0 Å². The van der Waals surface area contributed by atoms with Crippen molar-refractivity contribution in [1.82, 2.24) is 5.32 Å². The Kier molecular flexibility index (Phi) is 4.79. The van der Waals surface area contributed by atoms with Gasteiger partial charge in [0.2, 0.25) is 5.91 Å². The van der Waals surface area contributed by atoms with Gasteiger partial charge in [-0.3, -0.25) is 9.79 Å². The fraction of sp³-hybridized carbons (Fsp3) is 0.417. The molecule has 6 nitrogen and oxygen atoms in total. The van der Waals surface area contributed by atoms with Crippen LogP contribution in [-0.2, 0) is 9.59 Å². The van der Waals surface area contributed by atoms with Crippen LogP contribution in [0.4, 0.5) is 0 Å². The van der Waals surface area contributed by atoms with Gasteiger partial charge in [0.25, 0.3) is 0 Å². The summed E-state index contributed by atoms with van der Waals surface area (Å²) in [6, 6.07) is -0.920. The van der Waals surface area contributed by atoms with Gasteiger partial charge in [-0.2, -0.15) is 0 Å². The summed E-state index contributed by atoms with van der Waals surface area (Å²) in [6.45, 7) is 1.97. The lowest BCUT2D eigenvalue weighted by Crippen LogP contribution is -2.49. The normalized spacial score (nSPS) is 28.6. The van der Waals surface area contributed by atoms with Gasteiger partial charge in [0.1, 0.15) is 11.6 Å². The Hall–Kier alpha value is -1.95. The molecule has 0 saturated carbocycles. The lowest BCUT2D eigenvalue weighted by molar-refractivity contribution is -0.140. The molecule has 2 unspecified atom stereocenters. The summed E-state index contributed by atoms with van der Waals surface area (Å²) in [5, 5.41) is 11.1. The van der Waals surface area contributed by atoms with Crippen molar-refractivity contribution in [2.45, 2.75) is 24.9 Å². The van der Waals surface area contributed by atoms with Crippen molar-refractivity contribution in [2.75, 3.05) is 6.54 Å². The van der Waals surface area contributed by atoms with Crippen molar-refractivity contribution in [1.29, 1.82) is 0 Å². The molecular formula is C12H17N3O3. The highest BCUT2D eigenvalue weighted by molar-refractivity contribution is 5.94. The molecular weight excluding hydrogens is 234 g/mol. The fourth-order valence-electron chi connectivity index (χ4n) is 1.60. The van der Waals surface area contributed by atoms with Crippen molar-refractivity contribution >= 4 is 18.1 Å². The molecule has 4 N–H and O–H groups in total. The van der Waals surface area contributed by atoms with Gasteiger partial charge in [0, 0.05) is 12.6 Å². The second-order valence-corrected chi connectivity index (χ2v) is 4.12. The molecule has 0 aromatic heterocycles. The maximum atomic E-state index is 11.6. The molecule has 1 fully saturated rings. The Labute approximate surface area is 105 Å². The van der Waals surface area contributed by atoms with Crippen LogP contribution in [0.2, 0.25) is 0 Å². The standard InChI is InChI=1S/C12H17N3O3/c1-2-3-4-5-6-14-8-12(13)7-9(10(16)17)15-11(12)18/h2-6,9H,7-8,13H2,1H3,(H,15,18)(H,16,17)/b3-2-,5-4-,14-6?. The van der Waals surface area contributed by atoms with Crippen LogP contribution in [0.15, 0.2) is 29.3 Å². The Balaban J connectivity index is 2.55. The first-order valence-corrected chi connectivity index (χ1v) is 5.60. The van der Waals surface area contributed by atoms with Gasteiger partial charge in [-0.15, -0.1) is 0 Å². The smallest absolute Gasteiger partial charge is 0.326 e. The second-order valence-electron chi connectivity index (χ2n) is 4.12. The first-order valence-electron chi connectivity index (χ1n) is 5.60. The molecule has 18 heavy (non-hydrogen) atoms. The van der Waals surface area contributed by atoms with Gasteiger partial charge in [-0.1, -0.05) is 18.2 Å². The molecule has 1 aliphatic heterocycles. The van der Waals surface area contributed by atoms with Gasteiger partial charge in [-0.25, -0.2) is 4.79 Å². The Bertz CT molecular complexity index is 415. The zero-order valence-electron chi connectivity index (χ0n) is 10.2. The van der Waals surface area contributed by atoms with Crippen LogP contribution in [0.1, 0.15) is 13.3 Å². The maximum Gasteiger partial charge on any atom is 0.326 e. The van der Waals surface area contributed by atoms with E-state index in [9.17, 15) is 9.59 Å². The van der Waals surface area contributed by atoms with Crippen molar-refractivity contribution < 1.29 is 14.7 Å². The van der Waals surface area contributed by atoms with Gasteiger partial charge in [-0.05, 0) is 13.0 Å². The molecule has 0 bridgehead atoms. The number of amides is 1. The van der Waals surface area contributed by atoms with Gasteiger partial charge in [0.15, 0.2) is 0 Å². The van der Waals surface area contributed by atoms with Crippen LogP contribution in [0, 0.1) is 0 Å². The summed E-state index contributed by atoms with van der Waals surface area (Å²) in [7, 11) is 0. The maximum absolute atomic E-state index is 11.6. The average Bonchev–Trinajstić information content (AvgIpc) is 2.61. The Morgan fingerprint density at radius 2 is 2.33 bits per heavy atom. The van der Waals surface area contributed by atoms with Crippen LogP contribution in [-0.4, -0.2) is 41.3 Å². The number of nitrogens with zero attached hydrogens (tertiary/aromatic N) is 1. The van der Waals surface area contributed by atoms with Crippen LogP contribution < -0.4 is 11.1 Å². The number of allylic oxidation sites excluding steroid dienone is 4. The summed E-state index contributed by atoms with van der Waals surface area (Å²) in [5.41, 5.74) is 4.62. The molecule has 0 aliphatic carbocycles. The highest BCUT2D eigenvalue weighted by Gasteiger charge is 2.46. The molecule has 0 aromatic carbocycles. The first-order chi connectivity index (χ1) is 8.49. The molecule has 98 valence electrons.